The lowest BCUT2D eigenvalue weighted by Crippen LogP contribution is -2.58. The number of hydrogen-bond donors (Lipinski definition) is 4. The Morgan fingerprint density at radius 2 is 1.78 bits per heavy atom. The molecule has 3 amide bonds. The van der Waals surface area contributed by atoms with Crippen molar-refractivity contribution in [3.63, 3.8) is 0 Å². The van der Waals surface area contributed by atoms with Gasteiger partial charge in [0.1, 0.15) is 11.6 Å². The van der Waals surface area contributed by atoms with Gasteiger partial charge in [0.2, 0.25) is 5.91 Å². The summed E-state index contributed by atoms with van der Waals surface area (Å²) in [4.78, 5) is 33.5. The van der Waals surface area contributed by atoms with Crippen molar-refractivity contribution in [2.45, 2.75) is 45.7 Å². The minimum Gasteiger partial charge on any atom is -0.480 e. The van der Waals surface area contributed by atoms with Gasteiger partial charge >= 0.3 is 12.0 Å². The van der Waals surface area contributed by atoms with Crippen LogP contribution < -0.4 is 16.4 Å². The van der Waals surface area contributed by atoms with Crippen molar-refractivity contribution >= 4 is 17.9 Å². The van der Waals surface area contributed by atoms with Crippen molar-refractivity contribution in [3.8, 4) is 0 Å². The van der Waals surface area contributed by atoms with E-state index in [2.05, 4.69) is 10.6 Å². The Hall–Kier alpha value is -1.79. The molecule has 7 heteroatoms. The second-order valence-corrected chi connectivity index (χ2v) is 5.11. The maximum Gasteiger partial charge on any atom is 0.326 e. The molecular weight excluding hydrogens is 238 g/mol. The molecule has 0 saturated heterocycles. The van der Waals surface area contributed by atoms with Crippen molar-refractivity contribution in [1.82, 2.24) is 10.6 Å². The van der Waals surface area contributed by atoms with E-state index in [1.165, 1.54) is 13.8 Å². The van der Waals surface area contributed by atoms with Crippen LogP contribution in [0.4, 0.5) is 4.79 Å². The number of carbonyl (C=O) groups is 3. The molecule has 0 heterocycles. The third-order valence-electron chi connectivity index (χ3n) is 2.35. The molecule has 0 aromatic rings. The molecular formula is C11H21N3O4. The highest BCUT2D eigenvalue weighted by Crippen LogP contribution is 2.05. The van der Waals surface area contributed by atoms with E-state index in [-0.39, 0.29) is 5.92 Å². The molecule has 0 saturated carbocycles. The van der Waals surface area contributed by atoms with Crippen molar-refractivity contribution in [1.29, 1.82) is 0 Å². The van der Waals surface area contributed by atoms with Gasteiger partial charge < -0.3 is 21.5 Å². The molecule has 7 nitrogen and oxygen atoms in total. The summed E-state index contributed by atoms with van der Waals surface area (Å²) in [6, 6.07) is -1.72. The fraction of sp³-hybridized carbons (Fsp3) is 0.727. The molecule has 0 aliphatic carbocycles. The number of carboxylic acids is 1. The van der Waals surface area contributed by atoms with Crippen molar-refractivity contribution in [2.75, 3.05) is 0 Å². The van der Waals surface area contributed by atoms with Crippen LogP contribution in [0.3, 0.4) is 0 Å². The average Bonchev–Trinajstić information content (AvgIpc) is 2.14. The smallest absolute Gasteiger partial charge is 0.326 e. The quantitative estimate of drug-likeness (QED) is 0.538. The van der Waals surface area contributed by atoms with Crippen molar-refractivity contribution < 1.29 is 19.5 Å². The van der Waals surface area contributed by atoms with E-state index in [9.17, 15) is 14.4 Å². The summed E-state index contributed by atoms with van der Waals surface area (Å²) in [6.45, 7) is 6.58. The van der Waals surface area contributed by atoms with Gasteiger partial charge in [-0.2, -0.15) is 0 Å². The number of aliphatic carboxylic acids is 1. The molecule has 104 valence electrons. The molecule has 0 aromatic carbocycles. The molecule has 18 heavy (non-hydrogen) atoms. The molecule has 0 fully saturated rings. The van der Waals surface area contributed by atoms with Crippen LogP contribution in [-0.2, 0) is 9.59 Å². The molecule has 0 aromatic heterocycles. The Balaban J connectivity index is 4.53. The maximum absolute atomic E-state index is 11.6. The number of carboxylic acid groups (broad SMARTS) is 1. The summed E-state index contributed by atoms with van der Waals surface area (Å²) in [6.07, 6.45) is 0.305. The lowest BCUT2D eigenvalue weighted by atomic mass is 10.0. The topological polar surface area (TPSA) is 122 Å². The van der Waals surface area contributed by atoms with Crippen molar-refractivity contribution in [2.24, 2.45) is 11.7 Å². The molecule has 0 radical (unpaired) electrons. The Kier molecular flexibility index (Phi) is 5.61. The molecule has 0 bridgehead atoms. The minimum absolute atomic E-state index is 0.121. The number of carbonyl (C=O) groups excluding carboxylic acids is 2. The summed E-state index contributed by atoms with van der Waals surface area (Å²) in [7, 11) is 0. The minimum atomic E-state index is -1.23. The predicted molar refractivity (Wildman–Crippen MR) is 65.8 cm³/mol. The van der Waals surface area contributed by atoms with E-state index in [0.29, 0.717) is 6.42 Å². The van der Waals surface area contributed by atoms with E-state index in [0.717, 1.165) is 0 Å². The van der Waals surface area contributed by atoms with E-state index in [1.807, 2.05) is 13.8 Å². The number of urea groups is 1. The van der Waals surface area contributed by atoms with Gasteiger partial charge in [-0.05, 0) is 26.2 Å². The second kappa shape index (κ2) is 6.23. The van der Waals surface area contributed by atoms with Crippen LogP contribution >= 0.6 is 0 Å². The van der Waals surface area contributed by atoms with E-state index in [4.69, 9.17) is 10.8 Å². The maximum atomic E-state index is 11.6. The van der Waals surface area contributed by atoms with Crippen LogP contribution in [-0.4, -0.2) is 34.6 Å². The van der Waals surface area contributed by atoms with Crippen molar-refractivity contribution in [3.05, 3.63) is 0 Å². The summed E-state index contributed by atoms with van der Waals surface area (Å²) >= 11 is 0. The van der Waals surface area contributed by atoms with Gasteiger partial charge in [0.05, 0.1) is 0 Å². The highest BCUT2D eigenvalue weighted by Gasteiger charge is 2.29. The van der Waals surface area contributed by atoms with E-state index < -0.39 is 29.5 Å². The first-order valence-corrected chi connectivity index (χ1v) is 5.67. The van der Waals surface area contributed by atoms with Crippen LogP contribution in [0.2, 0.25) is 0 Å². The standard InChI is InChI=1S/C11H21N3O4/c1-6(2)5-7(8(15)16)13-10(18)14-11(3,4)9(12)17/h6-7H,5H2,1-4H3,(H2,12,17)(H,15,16)(H2,13,14,18). The SMILES string of the molecule is CC(C)CC(NC(=O)NC(C)(C)C(N)=O)C(=O)O. The zero-order valence-electron chi connectivity index (χ0n) is 11.1. The average molecular weight is 259 g/mol. The number of primary amides is 1. The second-order valence-electron chi connectivity index (χ2n) is 5.11. The summed E-state index contributed by atoms with van der Waals surface area (Å²) < 4.78 is 0. The lowest BCUT2D eigenvalue weighted by Gasteiger charge is -2.24. The first-order valence-electron chi connectivity index (χ1n) is 5.67. The third-order valence-corrected chi connectivity index (χ3v) is 2.35. The van der Waals surface area contributed by atoms with Crippen LogP contribution in [0.1, 0.15) is 34.1 Å². The first-order chi connectivity index (χ1) is 8.06. The summed E-state index contributed by atoms with van der Waals surface area (Å²) in [5, 5.41) is 13.6. The Labute approximate surface area is 106 Å². The summed E-state index contributed by atoms with van der Waals surface area (Å²) in [5.74, 6) is -1.69. The molecule has 0 aliphatic rings. The first kappa shape index (κ1) is 16.2. The van der Waals surface area contributed by atoms with Gasteiger partial charge in [0.15, 0.2) is 0 Å². The fourth-order valence-electron chi connectivity index (χ4n) is 1.23. The Morgan fingerprint density at radius 1 is 1.28 bits per heavy atom. The van der Waals surface area contributed by atoms with Gasteiger partial charge in [-0.15, -0.1) is 0 Å². The molecule has 0 spiro atoms. The molecule has 0 rings (SSSR count). The molecule has 1 atom stereocenters. The van der Waals surface area contributed by atoms with Crippen LogP contribution in [0.25, 0.3) is 0 Å². The highest BCUT2D eigenvalue weighted by molar-refractivity contribution is 5.90. The highest BCUT2D eigenvalue weighted by atomic mass is 16.4. The summed E-state index contributed by atoms with van der Waals surface area (Å²) in [5.41, 5.74) is 3.86. The van der Waals surface area contributed by atoms with Crippen LogP contribution in [0, 0.1) is 5.92 Å². The lowest BCUT2D eigenvalue weighted by molar-refractivity contribution is -0.139. The number of nitrogens with one attached hydrogen (secondary N) is 2. The Morgan fingerprint density at radius 3 is 2.11 bits per heavy atom. The number of rotatable bonds is 6. The van der Waals surface area contributed by atoms with Crippen LogP contribution in [0.15, 0.2) is 0 Å². The largest absolute Gasteiger partial charge is 0.480 e. The van der Waals surface area contributed by atoms with Gasteiger partial charge in [-0.25, -0.2) is 9.59 Å². The predicted octanol–water partition coefficient (Wildman–Crippen LogP) is 0.0488. The third kappa shape index (κ3) is 5.51. The Bertz CT molecular complexity index is 339. The van der Waals surface area contributed by atoms with Gasteiger partial charge in [0.25, 0.3) is 0 Å². The van der Waals surface area contributed by atoms with E-state index in [1.54, 1.807) is 0 Å². The van der Waals surface area contributed by atoms with E-state index >= 15 is 0 Å². The fourth-order valence-corrected chi connectivity index (χ4v) is 1.23. The zero-order valence-corrected chi connectivity index (χ0v) is 11.1. The zero-order chi connectivity index (χ0) is 14.5. The number of amides is 3. The van der Waals surface area contributed by atoms with Gasteiger partial charge in [-0.3, -0.25) is 4.79 Å². The monoisotopic (exact) mass is 259 g/mol. The van der Waals surface area contributed by atoms with Crippen LogP contribution in [0.5, 0.6) is 0 Å². The molecule has 0 aliphatic heterocycles. The van der Waals surface area contributed by atoms with Gasteiger partial charge in [-0.1, -0.05) is 13.8 Å². The van der Waals surface area contributed by atoms with Gasteiger partial charge in [0, 0.05) is 0 Å². The number of hydrogen-bond acceptors (Lipinski definition) is 3. The molecule has 1 unspecified atom stereocenters. The number of nitrogens with two attached hydrogens (primary N) is 1. The normalized spacial score (nSPS) is 12.9. The molecule has 5 N–H and O–H groups in total.